The van der Waals surface area contributed by atoms with Gasteiger partial charge in [0.05, 0.1) is 6.61 Å². The summed E-state index contributed by atoms with van der Waals surface area (Å²) in [5, 5.41) is 0. The molecule has 0 spiro atoms. The smallest absolute Gasteiger partial charge is 0.147 e. The number of hydrogen-bond donors (Lipinski definition) is 1. The molecule has 154 valence electrons. The fourth-order valence-electron chi connectivity index (χ4n) is 2.34. The Morgan fingerprint density at radius 1 is 0.621 bits per heavy atom. The van der Waals surface area contributed by atoms with E-state index in [1.54, 1.807) is 7.05 Å². The number of ether oxygens (including phenoxy) is 3. The topological polar surface area (TPSA) is 49.0 Å². The third-order valence-corrected chi connectivity index (χ3v) is 3.46. The molecule has 0 fully saturated rings. The van der Waals surface area contributed by atoms with Crippen LogP contribution in [0.4, 0.5) is 0 Å². The third kappa shape index (κ3) is 7.76. The van der Waals surface area contributed by atoms with Crippen molar-refractivity contribution in [3.05, 3.63) is 72.8 Å². The van der Waals surface area contributed by atoms with Crippen LogP contribution in [0.2, 0.25) is 0 Å². The van der Waals surface area contributed by atoms with Crippen molar-refractivity contribution >= 4 is 0 Å². The molecule has 0 aliphatic heterocycles. The minimum atomic E-state index is 0.641. The second kappa shape index (κ2) is 12.3. The summed E-state index contributed by atoms with van der Waals surface area (Å²) >= 11 is 0. The SMILES string of the molecule is CCC.CCOc1ccc(Oc2cccc(Oc3ccc(ONC)cc3)c2)cc1. The third-order valence-electron chi connectivity index (χ3n) is 3.46. The molecule has 0 aliphatic carbocycles. The normalized spacial score (nSPS) is 9.79. The Morgan fingerprint density at radius 3 is 1.52 bits per heavy atom. The van der Waals surface area contributed by atoms with Crippen LogP contribution in [0.15, 0.2) is 72.8 Å². The Kier molecular flexibility index (Phi) is 9.39. The predicted molar refractivity (Wildman–Crippen MR) is 116 cm³/mol. The highest BCUT2D eigenvalue weighted by Gasteiger charge is 2.03. The number of hydrogen-bond acceptors (Lipinski definition) is 5. The van der Waals surface area contributed by atoms with E-state index in [9.17, 15) is 0 Å². The molecule has 3 rings (SSSR count). The number of benzene rings is 3. The van der Waals surface area contributed by atoms with E-state index < -0.39 is 0 Å². The molecule has 0 unspecified atom stereocenters. The Labute approximate surface area is 173 Å². The first kappa shape index (κ1) is 22.1. The van der Waals surface area contributed by atoms with Gasteiger partial charge in [0.25, 0.3) is 0 Å². The molecule has 5 heteroatoms. The lowest BCUT2D eigenvalue weighted by atomic mass is 10.3. The molecular formula is C24H29NO4. The van der Waals surface area contributed by atoms with Crippen molar-refractivity contribution in [2.75, 3.05) is 13.7 Å². The van der Waals surface area contributed by atoms with Crippen LogP contribution in [0.3, 0.4) is 0 Å². The average Bonchev–Trinajstić information content (AvgIpc) is 2.72. The van der Waals surface area contributed by atoms with Gasteiger partial charge in [0.15, 0.2) is 0 Å². The van der Waals surface area contributed by atoms with Crippen molar-refractivity contribution in [1.82, 2.24) is 5.48 Å². The molecule has 0 aromatic heterocycles. The molecule has 3 aromatic rings. The summed E-state index contributed by atoms with van der Waals surface area (Å²) in [6, 6.07) is 22.3. The Balaban J connectivity index is 0.000000941. The summed E-state index contributed by atoms with van der Waals surface area (Å²) in [4.78, 5) is 5.19. The maximum atomic E-state index is 5.88. The van der Waals surface area contributed by atoms with Crippen LogP contribution >= 0.6 is 0 Å². The predicted octanol–water partition coefficient (Wildman–Crippen LogP) is 6.60. The molecule has 0 saturated heterocycles. The van der Waals surface area contributed by atoms with E-state index in [-0.39, 0.29) is 0 Å². The molecule has 1 N–H and O–H groups in total. The van der Waals surface area contributed by atoms with Crippen LogP contribution in [0.25, 0.3) is 0 Å². The van der Waals surface area contributed by atoms with Crippen LogP contribution < -0.4 is 24.5 Å². The standard InChI is InChI=1S/C21H21NO4.C3H8/c1-3-23-16-7-9-17(10-8-16)24-20-5-4-6-21(15-20)25-18-11-13-19(14-12-18)26-22-2;1-3-2/h4-15,22H,3H2,1-2H3;3H2,1-2H3. The van der Waals surface area contributed by atoms with Crippen LogP contribution in [-0.2, 0) is 0 Å². The molecule has 0 atom stereocenters. The van der Waals surface area contributed by atoms with Crippen LogP contribution in [0.5, 0.6) is 34.5 Å². The van der Waals surface area contributed by atoms with E-state index in [0.717, 1.165) is 11.5 Å². The molecule has 0 bridgehead atoms. The lowest BCUT2D eigenvalue weighted by Gasteiger charge is -2.10. The van der Waals surface area contributed by atoms with Gasteiger partial charge >= 0.3 is 0 Å². The van der Waals surface area contributed by atoms with Crippen molar-refractivity contribution in [2.45, 2.75) is 27.2 Å². The molecule has 0 saturated carbocycles. The molecule has 0 radical (unpaired) electrons. The summed E-state index contributed by atoms with van der Waals surface area (Å²) in [6.07, 6.45) is 1.25. The zero-order chi connectivity index (χ0) is 20.9. The van der Waals surface area contributed by atoms with Crippen LogP contribution in [0.1, 0.15) is 27.2 Å². The zero-order valence-corrected chi connectivity index (χ0v) is 17.5. The van der Waals surface area contributed by atoms with Gasteiger partial charge in [-0.1, -0.05) is 26.3 Å². The summed E-state index contributed by atoms with van der Waals surface area (Å²) in [6.45, 7) is 6.85. The largest absolute Gasteiger partial charge is 0.494 e. The summed E-state index contributed by atoms with van der Waals surface area (Å²) in [7, 11) is 1.71. The lowest BCUT2D eigenvalue weighted by molar-refractivity contribution is 0.223. The van der Waals surface area contributed by atoms with Gasteiger partial charge in [0.2, 0.25) is 0 Å². The first-order valence-corrected chi connectivity index (χ1v) is 9.80. The van der Waals surface area contributed by atoms with E-state index in [1.807, 2.05) is 79.7 Å². The zero-order valence-electron chi connectivity index (χ0n) is 17.5. The molecule has 3 aromatic carbocycles. The Bertz CT molecular complexity index is 766. The van der Waals surface area contributed by atoms with Gasteiger partial charge in [-0.05, 0) is 67.6 Å². The first-order chi connectivity index (χ1) is 14.2. The first-order valence-electron chi connectivity index (χ1n) is 9.80. The maximum Gasteiger partial charge on any atom is 0.147 e. The van der Waals surface area contributed by atoms with Crippen molar-refractivity contribution < 1.29 is 19.0 Å². The van der Waals surface area contributed by atoms with Crippen molar-refractivity contribution in [1.29, 1.82) is 0 Å². The highest BCUT2D eigenvalue weighted by molar-refractivity contribution is 5.41. The van der Waals surface area contributed by atoms with E-state index in [0.29, 0.717) is 29.6 Å². The summed E-state index contributed by atoms with van der Waals surface area (Å²) in [5.74, 6) is 4.37. The van der Waals surface area contributed by atoms with E-state index in [1.165, 1.54) is 6.42 Å². The van der Waals surface area contributed by atoms with Gasteiger partial charge in [0, 0.05) is 13.1 Å². The fraction of sp³-hybridized carbons (Fsp3) is 0.250. The van der Waals surface area contributed by atoms with E-state index in [2.05, 4.69) is 19.3 Å². The fourth-order valence-corrected chi connectivity index (χ4v) is 2.34. The maximum absolute atomic E-state index is 5.88. The Hall–Kier alpha value is -3.18. The minimum Gasteiger partial charge on any atom is -0.494 e. The van der Waals surface area contributed by atoms with Gasteiger partial charge in [-0.2, -0.15) is 5.48 Å². The monoisotopic (exact) mass is 395 g/mol. The van der Waals surface area contributed by atoms with E-state index >= 15 is 0 Å². The van der Waals surface area contributed by atoms with Gasteiger partial charge in [-0.15, -0.1) is 0 Å². The van der Waals surface area contributed by atoms with Crippen LogP contribution in [-0.4, -0.2) is 13.7 Å². The molecule has 29 heavy (non-hydrogen) atoms. The molecule has 0 heterocycles. The van der Waals surface area contributed by atoms with Gasteiger partial charge < -0.3 is 19.0 Å². The Morgan fingerprint density at radius 2 is 1.07 bits per heavy atom. The van der Waals surface area contributed by atoms with Gasteiger partial charge in [-0.25, -0.2) is 0 Å². The lowest BCUT2D eigenvalue weighted by Crippen LogP contribution is -2.10. The second-order valence-electron chi connectivity index (χ2n) is 6.07. The summed E-state index contributed by atoms with van der Waals surface area (Å²) < 4.78 is 17.2. The number of rotatable bonds is 8. The van der Waals surface area contributed by atoms with E-state index in [4.69, 9.17) is 19.0 Å². The molecule has 0 amide bonds. The van der Waals surface area contributed by atoms with Crippen molar-refractivity contribution in [3.63, 3.8) is 0 Å². The van der Waals surface area contributed by atoms with Gasteiger partial charge in [0.1, 0.15) is 34.5 Å². The highest BCUT2D eigenvalue weighted by Crippen LogP contribution is 2.29. The minimum absolute atomic E-state index is 0.641. The highest BCUT2D eigenvalue weighted by atomic mass is 16.6. The molecule has 5 nitrogen and oxygen atoms in total. The van der Waals surface area contributed by atoms with Crippen LogP contribution in [0, 0.1) is 0 Å². The molecular weight excluding hydrogens is 366 g/mol. The van der Waals surface area contributed by atoms with Gasteiger partial charge in [-0.3, -0.25) is 0 Å². The second-order valence-corrected chi connectivity index (χ2v) is 6.07. The quantitative estimate of drug-likeness (QED) is 0.436. The van der Waals surface area contributed by atoms with Crippen molar-refractivity contribution in [3.8, 4) is 34.5 Å². The summed E-state index contributed by atoms with van der Waals surface area (Å²) in [5.41, 5.74) is 2.63. The number of hydroxylamine groups is 1. The van der Waals surface area contributed by atoms with Crippen molar-refractivity contribution in [2.24, 2.45) is 0 Å². The average molecular weight is 395 g/mol. The molecule has 0 aliphatic rings. The number of nitrogens with one attached hydrogen (secondary N) is 1.